The largest absolute Gasteiger partial charge is 0.305 e. The minimum absolute atomic E-state index is 0.506. The van der Waals surface area contributed by atoms with Gasteiger partial charge in [-0.1, -0.05) is 67.6 Å². The van der Waals surface area contributed by atoms with E-state index in [9.17, 15) is 0 Å². The third-order valence-corrected chi connectivity index (χ3v) is 5.28. The fraction of sp³-hybridized carbons (Fsp3) is 0.368. The van der Waals surface area contributed by atoms with Crippen molar-refractivity contribution in [3.05, 3.63) is 71.8 Å². The normalized spacial score (nSPS) is 14.1. The monoisotopic (exact) mass is 299 g/mol. The number of benzene rings is 2. The van der Waals surface area contributed by atoms with Gasteiger partial charge >= 0.3 is 0 Å². The van der Waals surface area contributed by atoms with E-state index < -0.39 is 0 Å². The van der Waals surface area contributed by atoms with Crippen molar-refractivity contribution < 1.29 is 0 Å². The molecule has 0 aliphatic carbocycles. The van der Waals surface area contributed by atoms with Crippen LogP contribution in [0.2, 0.25) is 0 Å². The fourth-order valence-electron chi connectivity index (χ4n) is 2.68. The van der Waals surface area contributed by atoms with Crippen LogP contribution in [0.4, 0.5) is 0 Å². The van der Waals surface area contributed by atoms with E-state index in [1.54, 1.807) is 0 Å². The lowest BCUT2D eigenvalue weighted by Crippen LogP contribution is -2.32. The Morgan fingerprint density at radius 2 is 1.48 bits per heavy atom. The van der Waals surface area contributed by atoms with Crippen molar-refractivity contribution in [1.29, 1.82) is 0 Å². The van der Waals surface area contributed by atoms with Crippen LogP contribution in [0.5, 0.6) is 0 Å². The molecule has 0 saturated heterocycles. The van der Waals surface area contributed by atoms with Crippen LogP contribution in [-0.2, 0) is 5.75 Å². The summed E-state index contributed by atoms with van der Waals surface area (Å²) in [5, 5.41) is 0.506. The Morgan fingerprint density at radius 3 is 2.00 bits per heavy atom. The van der Waals surface area contributed by atoms with E-state index in [1.807, 2.05) is 11.8 Å². The second-order valence-electron chi connectivity index (χ2n) is 5.57. The summed E-state index contributed by atoms with van der Waals surface area (Å²) in [4.78, 5) is 2.36. The molecule has 2 rings (SSSR count). The first-order chi connectivity index (χ1) is 10.2. The maximum atomic E-state index is 2.36. The van der Waals surface area contributed by atoms with E-state index in [0.29, 0.717) is 11.3 Å². The maximum Gasteiger partial charge on any atom is 0.0455 e. The summed E-state index contributed by atoms with van der Waals surface area (Å²) in [6, 6.07) is 22.2. The first-order valence-corrected chi connectivity index (χ1v) is 8.64. The molecule has 2 aromatic rings. The van der Waals surface area contributed by atoms with Gasteiger partial charge in [-0.25, -0.2) is 0 Å². The van der Waals surface area contributed by atoms with E-state index in [0.717, 1.165) is 12.2 Å². The highest BCUT2D eigenvalue weighted by atomic mass is 32.2. The summed E-state index contributed by atoms with van der Waals surface area (Å²) in [5.41, 5.74) is 2.83. The maximum absolute atomic E-state index is 2.36. The van der Waals surface area contributed by atoms with Gasteiger partial charge in [0.15, 0.2) is 0 Å². The molecule has 0 bridgehead atoms. The number of thioether (sulfide) groups is 1. The lowest BCUT2D eigenvalue weighted by atomic mass is 10.0. The van der Waals surface area contributed by atoms with Gasteiger partial charge in [0.2, 0.25) is 0 Å². The summed E-state index contributed by atoms with van der Waals surface area (Å²) in [6.45, 7) is 2.28. The van der Waals surface area contributed by atoms with Crippen molar-refractivity contribution in [2.24, 2.45) is 0 Å². The van der Waals surface area contributed by atoms with Gasteiger partial charge < -0.3 is 4.90 Å². The van der Waals surface area contributed by atoms with E-state index in [4.69, 9.17) is 0 Å². The highest BCUT2D eigenvalue weighted by Crippen LogP contribution is 2.37. The second kappa shape index (κ2) is 8.26. The Morgan fingerprint density at radius 1 is 0.905 bits per heavy atom. The minimum Gasteiger partial charge on any atom is -0.305 e. The summed E-state index contributed by atoms with van der Waals surface area (Å²) in [5.74, 6) is 1.06. The van der Waals surface area contributed by atoms with Crippen molar-refractivity contribution in [2.45, 2.75) is 30.4 Å². The van der Waals surface area contributed by atoms with E-state index in [2.05, 4.69) is 86.6 Å². The quantitative estimate of drug-likeness (QED) is 0.707. The molecule has 0 spiro atoms. The third-order valence-electron chi connectivity index (χ3n) is 3.83. The predicted octanol–water partition coefficient (Wildman–Crippen LogP) is 5.00. The number of hydrogen-bond acceptors (Lipinski definition) is 2. The van der Waals surface area contributed by atoms with Gasteiger partial charge in [-0.15, -0.1) is 11.8 Å². The smallest absolute Gasteiger partial charge is 0.0455 e. The molecule has 21 heavy (non-hydrogen) atoms. The van der Waals surface area contributed by atoms with Crippen molar-refractivity contribution in [3.8, 4) is 0 Å². The zero-order chi connectivity index (χ0) is 15.1. The van der Waals surface area contributed by atoms with Gasteiger partial charge in [0.05, 0.1) is 0 Å². The number of rotatable bonds is 7. The van der Waals surface area contributed by atoms with E-state index >= 15 is 0 Å². The van der Waals surface area contributed by atoms with Crippen LogP contribution < -0.4 is 0 Å². The lowest BCUT2D eigenvalue weighted by molar-refractivity contribution is 0.280. The molecule has 0 heterocycles. The molecule has 0 N–H and O–H groups in total. The third kappa shape index (κ3) is 4.62. The number of likely N-dealkylation sites (N-methyl/N-ethyl adjacent to an activating group) is 1. The van der Waals surface area contributed by atoms with Crippen LogP contribution in [0.3, 0.4) is 0 Å². The van der Waals surface area contributed by atoms with E-state index in [1.165, 1.54) is 11.1 Å². The summed E-state index contributed by atoms with van der Waals surface area (Å²) < 4.78 is 0. The van der Waals surface area contributed by atoms with Gasteiger partial charge in [-0.2, -0.15) is 0 Å². The fourth-order valence-corrected chi connectivity index (χ4v) is 4.25. The van der Waals surface area contributed by atoms with Crippen molar-refractivity contribution in [2.75, 3.05) is 14.1 Å². The average Bonchev–Trinajstić information content (AvgIpc) is 2.53. The standard InChI is InChI=1S/C19H25NS/c1-4-18(20(2)3)19(17-13-9-6-10-14-17)21-15-16-11-7-5-8-12-16/h5-14,18-19H,4,15H2,1-3H3. The summed E-state index contributed by atoms with van der Waals surface area (Å²) >= 11 is 2.05. The van der Waals surface area contributed by atoms with Crippen LogP contribution in [0.15, 0.2) is 60.7 Å². The molecule has 2 heteroatoms. The van der Waals surface area contributed by atoms with Crippen molar-refractivity contribution in [1.82, 2.24) is 4.90 Å². The first kappa shape index (κ1) is 16.1. The Balaban J connectivity index is 2.16. The lowest BCUT2D eigenvalue weighted by Gasteiger charge is -2.31. The van der Waals surface area contributed by atoms with Crippen LogP contribution in [-0.4, -0.2) is 25.0 Å². The molecule has 0 saturated carbocycles. The minimum atomic E-state index is 0.506. The first-order valence-electron chi connectivity index (χ1n) is 7.59. The molecule has 112 valence electrons. The van der Waals surface area contributed by atoms with Crippen LogP contribution in [0, 0.1) is 0 Å². The van der Waals surface area contributed by atoms with E-state index in [-0.39, 0.29) is 0 Å². The molecular weight excluding hydrogens is 274 g/mol. The molecule has 0 amide bonds. The zero-order valence-electron chi connectivity index (χ0n) is 13.2. The van der Waals surface area contributed by atoms with Crippen LogP contribution >= 0.6 is 11.8 Å². The molecule has 0 fully saturated rings. The van der Waals surface area contributed by atoms with Crippen molar-refractivity contribution >= 4 is 11.8 Å². The van der Waals surface area contributed by atoms with Gasteiger partial charge in [0.1, 0.15) is 0 Å². The number of hydrogen-bond donors (Lipinski definition) is 0. The highest BCUT2D eigenvalue weighted by Gasteiger charge is 2.23. The SMILES string of the molecule is CCC(C(SCc1ccccc1)c1ccccc1)N(C)C. The topological polar surface area (TPSA) is 3.24 Å². The molecule has 0 radical (unpaired) electrons. The molecule has 0 aliphatic heterocycles. The van der Waals surface area contributed by atoms with Gasteiger partial charge in [-0.05, 0) is 31.6 Å². The molecule has 2 atom stereocenters. The van der Waals surface area contributed by atoms with Gasteiger partial charge in [-0.3, -0.25) is 0 Å². The zero-order valence-corrected chi connectivity index (χ0v) is 14.0. The van der Waals surface area contributed by atoms with Crippen LogP contribution in [0.1, 0.15) is 29.7 Å². The molecule has 2 unspecified atom stereocenters. The highest BCUT2D eigenvalue weighted by molar-refractivity contribution is 7.98. The molecule has 0 aromatic heterocycles. The summed E-state index contributed by atoms with van der Waals surface area (Å²) in [7, 11) is 4.38. The number of nitrogens with zero attached hydrogens (tertiary/aromatic N) is 1. The summed E-state index contributed by atoms with van der Waals surface area (Å²) in [6.07, 6.45) is 1.16. The predicted molar refractivity (Wildman–Crippen MR) is 94.7 cm³/mol. The molecular formula is C19H25NS. The molecule has 2 aromatic carbocycles. The van der Waals surface area contributed by atoms with Gasteiger partial charge in [0.25, 0.3) is 0 Å². The van der Waals surface area contributed by atoms with Crippen LogP contribution in [0.25, 0.3) is 0 Å². The Hall–Kier alpha value is -1.25. The average molecular weight is 299 g/mol. The Labute approximate surface area is 133 Å². The Kier molecular flexibility index (Phi) is 6.34. The Bertz CT molecular complexity index is 510. The van der Waals surface area contributed by atoms with Crippen molar-refractivity contribution in [3.63, 3.8) is 0 Å². The second-order valence-corrected chi connectivity index (χ2v) is 6.70. The molecule has 1 nitrogen and oxygen atoms in total. The molecule has 0 aliphatic rings. The van der Waals surface area contributed by atoms with Gasteiger partial charge in [0, 0.05) is 17.0 Å².